The summed E-state index contributed by atoms with van der Waals surface area (Å²) in [6.07, 6.45) is -1.70. The van der Waals surface area contributed by atoms with Crippen LogP contribution in [0.4, 0.5) is 13.2 Å². The molecular formula is C12H17F3O2. The van der Waals surface area contributed by atoms with Gasteiger partial charge in [-0.15, -0.1) is 0 Å². The molecule has 1 fully saturated rings. The molecule has 0 aromatic rings. The number of esters is 1. The maximum Gasteiger partial charge on any atom is 0.422 e. The third-order valence-corrected chi connectivity index (χ3v) is 3.39. The normalized spacial score (nSPS) is 19.4. The molecule has 1 saturated carbocycles. The Bertz CT molecular complexity index is 312. The van der Waals surface area contributed by atoms with E-state index in [4.69, 9.17) is 4.74 Å². The van der Waals surface area contributed by atoms with Crippen molar-refractivity contribution in [1.82, 2.24) is 0 Å². The highest BCUT2D eigenvalue weighted by Gasteiger charge is 2.45. The zero-order valence-corrected chi connectivity index (χ0v) is 10.1. The number of carbonyl (C=O) groups is 1. The van der Waals surface area contributed by atoms with E-state index in [1.807, 2.05) is 13.8 Å². The predicted molar refractivity (Wildman–Crippen MR) is 57.3 cm³/mol. The van der Waals surface area contributed by atoms with Crippen molar-refractivity contribution in [1.29, 1.82) is 0 Å². The molecule has 1 aliphatic rings. The first kappa shape index (κ1) is 14.1. The van der Waals surface area contributed by atoms with Gasteiger partial charge < -0.3 is 4.74 Å². The average molecular weight is 250 g/mol. The summed E-state index contributed by atoms with van der Waals surface area (Å²) in [6.45, 7) is 6.47. The van der Waals surface area contributed by atoms with Gasteiger partial charge in [-0.2, -0.15) is 13.2 Å². The SMILES string of the molecule is C=C(C(=O)OC1(C(C)C)CCCC1)C(F)(F)F. The fraction of sp³-hybridized carbons (Fsp3) is 0.750. The van der Waals surface area contributed by atoms with Crippen LogP contribution in [-0.4, -0.2) is 17.7 Å². The number of hydrogen-bond donors (Lipinski definition) is 0. The second-order valence-electron chi connectivity index (χ2n) is 4.79. The molecule has 0 atom stereocenters. The van der Waals surface area contributed by atoms with Gasteiger partial charge >= 0.3 is 12.1 Å². The Labute approximate surface area is 98.8 Å². The van der Waals surface area contributed by atoms with Crippen molar-refractivity contribution in [3.05, 3.63) is 12.2 Å². The van der Waals surface area contributed by atoms with Crippen LogP contribution in [-0.2, 0) is 9.53 Å². The topological polar surface area (TPSA) is 26.3 Å². The van der Waals surface area contributed by atoms with E-state index in [1.165, 1.54) is 0 Å². The van der Waals surface area contributed by atoms with Crippen LogP contribution in [0, 0.1) is 5.92 Å². The standard InChI is InChI=1S/C12H17F3O2/c1-8(2)11(6-4-5-7-11)17-10(16)9(3)12(13,14)15/h8H,3-7H2,1-2H3. The lowest BCUT2D eigenvalue weighted by molar-refractivity contribution is -0.169. The first-order valence-electron chi connectivity index (χ1n) is 5.68. The first-order chi connectivity index (χ1) is 7.69. The van der Waals surface area contributed by atoms with E-state index in [0.717, 1.165) is 12.8 Å². The molecule has 0 radical (unpaired) electrons. The number of carbonyl (C=O) groups excluding carboxylic acids is 1. The summed E-state index contributed by atoms with van der Waals surface area (Å²) in [6, 6.07) is 0. The van der Waals surface area contributed by atoms with Crippen molar-refractivity contribution in [2.24, 2.45) is 5.92 Å². The van der Waals surface area contributed by atoms with Crippen molar-refractivity contribution < 1.29 is 22.7 Å². The average Bonchev–Trinajstić information content (AvgIpc) is 2.64. The summed E-state index contributed by atoms with van der Waals surface area (Å²) in [5.74, 6) is -1.33. The summed E-state index contributed by atoms with van der Waals surface area (Å²) in [7, 11) is 0. The Morgan fingerprint density at radius 2 is 1.76 bits per heavy atom. The van der Waals surface area contributed by atoms with Crippen LogP contribution in [0.2, 0.25) is 0 Å². The minimum atomic E-state index is -4.71. The zero-order valence-electron chi connectivity index (χ0n) is 10.1. The van der Waals surface area contributed by atoms with E-state index >= 15 is 0 Å². The Kier molecular flexibility index (Phi) is 3.89. The molecular weight excluding hydrogens is 233 g/mol. The maximum absolute atomic E-state index is 12.3. The minimum Gasteiger partial charge on any atom is -0.455 e. The molecule has 0 aliphatic heterocycles. The van der Waals surface area contributed by atoms with Crippen LogP contribution in [0.3, 0.4) is 0 Å². The second kappa shape index (κ2) is 4.70. The van der Waals surface area contributed by atoms with Crippen LogP contribution in [0.5, 0.6) is 0 Å². The van der Waals surface area contributed by atoms with Crippen molar-refractivity contribution in [2.45, 2.75) is 51.3 Å². The van der Waals surface area contributed by atoms with Gasteiger partial charge in [0.05, 0.1) is 0 Å². The molecule has 0 bridgehead atoms. The highest BCUT2D eigenvalue weighted by Crippen LogP contribution is 2.40. The largest absolute Gasteiger partial charge is 0.455 e. The van der Waals surface area contributed by atoms with Crippen LogP contribution in [0.15, 0.2) is 12.2 Å². The Morgan fingerprint density at radius 3 is 2.12 bits per heavy atom. The predicted octanol–water partition coefficient (Wildman–Crippen LogP) is 3.62. The van der Waals surface area contributed by atoms with Crippen LogP contribution < -0.4 is 0 Å². The minimum absolute atomic E-state index is 0.00924. The Balaban J connectivity index is 2.76. The zero-order chi connectivity index (χ0) is 13.3. The van der Waals surface area contributed by atoms with Gasteiger partial charge in [-0.05, 0) is 31.6 Å². The molecule has 17 heavy (non-hydrogen) atoms. The molecule has 0 heterocycles. The fourth-order valence-corrected chi connectivity index (χ4v) is 2.13. The smallest absolute Gasteiger partial charge is 0.422 e. The maximum atomic E-state index is 12.3. The quantitative estimate of drug-likeness (QED) is 0.565. The number of rotatable bonds is 3. The van der Waals surface area contributed by atoms with E-state index < -0.39 is 23.3 Å². The van der Waals surface area contributed by atoms with Crippen LogP contribution in [0.25, 0.3) is 0 Å². The van der Waals surface area contributed by atoms with Gasteiger partial charge in [0.1, 0.15) is 11.2 Å². The third kappa shape index (κ3) is 3.01. The van der Waals surface area contributed by atoms with Crippen molar-refractivity contribution in [2.75, 3.05) is 0 Å². The number of alkyl halides is 3. The molecule has 1 aliphatic carbocycles. The number of halogens is 3. The van der Waals surface area contributed by atoms with E-state index in [1.54, 1.807) is 0 Å². The van der Waals surface area contributed by atoms with Crippen molar-refractivity contribution in [3.8, 4) is 0 Å². The molecule has 0 aromatic heterocycles. The molecule has 1 rings (SSSR count). The number of hydrogen-bond acceptors (Lipinski definition) is 2. The summed E-state index contributed by atoms with van der Waals surface area (Å²) in [5, 5.41) is 0. The van der Waals surface area contributed by atoms with Crippen LogP contribution >= 0.6 is 0 Å². The van der Waals surface area contributed by atoms with Gasteiger partial charge in [-0.25, -0.2) is 4.79 Å². The molecule has 98 valence electrons. The van der Waals surface area contributed by atoms with Gasteiger partial charge in [0.15, 0.2) is 0 Å². The monoisotopic (exact) mass is 250 g/mol. The van der Waals surface area contributed by atoms with Gasteiger partial charge in [-0.3, -0.25) is 0 Å². The summed E-state index contributed by atoms with van der Waals surface area (Å²) in [4.78, 5) is 11.4. The molecule has 2 nitrogen and oxygen atoms in total. The molecule has 0 aromatic carbocycles. The van der Waals surface area contributed by atoms with E-state index in [0.29, 0.717) is 12.8 Å². The molecule has 0 unspecified atom stereocenters. The van der Waals surface area contributed by atoms with Crippen molar-refractivity contribution in [3.63, 3.8) is 0 Å². The Hall–Kier alpha value is -1.00. The summed E-state index contributed by atoms with van der Waals surface area (Å²) >= 11 is 0. The highest BCUT2D eigenvalue weighted by molar-refractivity contribution is 5.89. The lowest BCUT2D eigenvalue weighted by Crippen LogP contribution is -2.39. The molecule has 0 N–H and O–H groups in total. The van der Waals surface area contributed by atoms with E-state index in [-0.39, 0.29) is 5.92 Å². The molecule has 5 heteroatoms. The lowest BCUT2D eigenvalue weighted by atomic mass is 9.88. The Morgan fingerprint density at radius 1 is 1.29 bits per heavy atom. The third-order valence-electron chi connectivity index (χ3n) is 3.39. The highest BCUT2D eigenvalue weighted by atomic mass is 19.4. The molecule has 0 spiro atoms. The summed E-state index contributed by atoms with van der Waals surface area (Å²) in [5.41, 5.74) is -2.17. The molecule has 0 amide bonds. The van der Waals surface area contributed by atoms with Gasteiger partial charge in [0.2, 0.25) is 0 Å². The summed E-state index contributed by atoms with van der Waals surface area (Å²) < 4.78 is 42.0. The second-order valence-corrected chi connectivity index (χ2v) is 4.79. The fourth-order valence-electron chi connectivity index (χ4n) is 2.13. The molecule has 0 saturated heterocycles. The van der Waals surface area contributed by atoms with E-state index in [2.05, 4.69) is 6.58 Å². The van der Waals surface area contributed by atoms with Gasteiger partial charge in [-0.1, -0.05) is 20.4 Å². The lowest BCUT2D eigenvalue weighted by Gasteiger charge is -2.33. The number of ether oxygens (including phenoxy) is 1. The first-order valence-corrected chi connectivity index (χ1v) is 5.68. The van der Waals surface area contributed by atoms with Crippen molar-refractivity contribution >= 4 is 5.97 Å². The van der Waals surface area contributed by atoms with E-state index in [9.17, 15) is 18.0 Å². The van der Waals surface area contributed by atoms with Crippen LogP contribution in [0.1, 0.15) is 39.5 Å². The van der Waals surface area contributed by atoms with Gasteiger partial charge in [0, 0.05) is 0 Å². The van der Waals surface area contributed by atoms with Gasteiger partial charge in [0.25, 0.3) is 0 Å².